The Kier molecular flexibility index (Phi) is 4.05. The largest absolute Gasteiger partial charge is 0.325 e. The number of amides is 1. The zero-order chi connectivity index (χ0) is 14.2. The Morgan fingerprint density at radius 1 is 1.37 bits per heavy atom. The van der Waals surface area contributed by atoms with E-state index in [0.29, 0.717) is 10.7 Å². The molecule has 1 aromatic carbocycles. The summed E-state index contributed by atoms with van der Waals surface area (Å²) in [5, 5.41) is 2.95. The zero-order valence-electron chi connectivity index (χ0n) is 12.1. The first-order valence-corrected chi connectivity index (χ1v) is 7.87. The average Bonchev–Trinajstić information content (AvgIpc) is 2.60. The van der Waals surface area contributed by atoms with Gasteiger partial charge >= 0.3 is 0 Å². The molecule has 0 aliphatic carbocycles. The molecule has 2 nitrogen and oxygen atoms in total. The van der Waals surface area contributed by atoms with Crippen molar-refractivity contribution in [1.29, 1.82) is 0 Å². The van der Waals surface area contributed by atoms with Gasteiger partial charge in [-0.3, -0.25) is 4.79 Å². The molecule has 1 aromatic rings. The van der Waals surface area contributed by atoms with Gasteiger partial charge in [-0.25, -0.2) is 0 Å². The van der Waals surface area contributed by atoms with E-state index in [1.807, 2.05) is 19.9 Å². The van der Waals surface area contributed by atoms with Gasteiger partial charge in [0.1, 0.15) is 0 Å². The first-order chi connectivity index (χ1) is 8.86. The van der Waals surface area contributed by atoms with E-state index in [1.54, 1.807) is 0 Å². The number of carbonyl (C=O) groups is 1. The van der Waals surface area contributed by atoms with Crippen molar-refractivity contribution in [3.8, 4) is 0 Å². The fraction of sp³-hybridized carbons (Fsp3) is 0.562. The maximum Gasteiger partial charge on any atom is 0.234 e. The summed E-state index contributed by atoms with van der Waals surface area (Å²) in [5.41, 5.74) is 2.92. The molecule has 2 rings (SSSR count). The second kappa shape index (κ2) is 5.28. The zero-order valence-corrected chi connectivity index (χ0v) is 13.7. The minimum absolute atomic E-state index is 0.0905. The van der Waals surface area contributed by atoms with Gasteiger partial charge in [0, 0.05) is 10.5 Å². The number of anilines is 1. The van der Waals surface area contributed by atoms with Crippen LogP contribution in [0.3, 0.4) is 0 Å². The van der Waals surface area contributed by atoms with Gasteiger partial charge < -0.3 is 5.32 Å². The summed E-state index contributed by atoms with van der Waals surface area (Å²) in [6, 6.07) is 6.32. The summed E-state index contributed by atoms with van der Waals surface area (Å²) < 4.78 is 0. The highest BCUT2D eigenvalue weighted by molar-refractivity contribution is 9.09. The van der Waals surface area contributed by atoms with E-state index >= 15 is 0 Å². The number of hydrogen-bond donors (Lipinski definition) is 1. The van der Waals surface area contributed by atoms with Gasteiger partial charge in [0.15, 0.2) is 0 Å². The highest BCUT2D eigenvalue weighted by atomic mass is 79.9. The molecule has 0 fully saturated rings. The van der Waals surface area contributed by atoms with Crippen molar-refractivity contribution in [3.05, 3.63) is 29.3 Å². The van der Waals surface area contributed by atoms with Crippen molar-refractivity contribution in [3.63, 3.8) is 0 Å². The second-order valence-electron chi connectivity index (χ2n) is 6.10. The molecule has 1 aliphatic heterocycles. The smallest absolute Gasteiger partial charge is 0.234 e. The van der Waals surface area contributed by atoms with Crippen molar-refractivity contribution in [2.45, 2.75) is 50.8 Å². The van der Waals surface area contributed by atoms with Crippen LogP contribution < -0.4 is 5.32 Å². The Morgan fingerprint density at radius 2 is 2.05 bits per heavy atom. The summed E-state index contributed by atoms with van der Waals surface area (Å²) in [6.45, 7) is 8.46. The third-order valence-electron chi connectivity index (χ3n) is 4.20. The Hall–Kier alpha value is -0.830. The summed E-state index contributed by atoms with van der Waals surface area (Å²) in [4.78, 5) is 12.3. The molecule has 2 unspecified atom stereocenters. The lowest BCUT2D eigenvalue weighted by Crippen LogP contribution is -2.26. The van der Waals surface area contributed by atoms with E-state index in [9.17, 15) is 4.79 Å². The van der Waals surface area contributed by atoms with Crippen molar-refractivity contribution < 1.29 is 4.79 Å². The first-order valence-electron chi connectivity index (χ1n) is 6.96. The molecule has 1 N–H and O–H groups in total. The van der Waals surface area contributed by atoms with Crippen LogP contribution in [0, 0.1) is 5.92 Å². The summed E-state index contributed by atoms with van der Waals surface area (Å²) >= 11 is 3.78. The van der Waals surface area contributed by atoms with E-state index in [4.69, 9.17) is 0 Å². The van der Waals surface area contributed by atoms with Crippen LogP contribution in [0.1, 0.15) is 56.5 Å². The third kappa shape index (κ3) is 2.71. The van der Waals surface area contributed by atoms with Gasteiger partial charge in [-0.1, -0.05) is 48.3 Å². The number of rotatable bonds is 4. The number of alkyl halides is 1. The Morgan fingerprint density at radius 3 is 2.68 bits per heavy atom. The molecule has 0 bridgehead atoms. The molecule has 0 saturated carbocycles. The monoisotopic (exact) mass is 323 g/mol. The van der Waals surface area contributed by atoms with E-state index in [-0.39, 0.29) is 5.91 Å². The standard InChI is InChI=1S/C16H22BrNO/c1-5-10(2)8-13(17)11-6-7-14-12(9-11)16(3,4)15(19)18-14/h6-7,9-10,13H,5,8H2,1-4H3,(H,18,19). The predicted molar refractivity (Wildman–Crippen MR) is 83.8 cm³/mol. The van der Waals surface area contributed by atoms with E-state index in [1.165, 1.54) is 12.0 Å². The summed E-state index contributed by atoms with van der Waals surface area (Å²) in [6.07, 6.45) is 2.32. The number of nitrogens with one attached hydrogen (secondary N) is 1. The molecule has 19 heavy (non-hydrogen) atoms. The SMILES string of the molecule is CCC(C)CC(Br)c1ccc2c(c1)C(C)(C)C(=O)N2. The van der Waals surface area contributed by atoms with Gasteiger partial charge in [-0.05, 0) is 43.4 Å². The molecule has 104 valence electrons. The normalized spacial score (nSPS) is 19.7. The molecule has 1 heterocycles. The van der Waals surface area contributed by atoms with E-state index < -0.39 is 5.41 Å². The van der Waals surface area contributed by atoms with Gasteiger partial charge in [-0.2, -0.15) is 0 Å². The van der Waals surface area contributed by atoms with Crippen LogP contribution in [0.5, 0.6) is 0 Å². The number of carbonyl (C=O) groups excluding carboxylic acids is 1. The Labute approximate surface area is 124 Å². The lowest BCUT2D eigenvalue weighted by molar-refractivity contribution is -0.119. The van der Waals surface area contributed by atoms with Gasteiger partial charge in [0.25, 0.3) is 0 Å². The van der Waals surface area contributed by atoms with E-state index in [2.05, 4.69) is 47.2 Å². The third-order valence-corrected chi connectivity index (χ3v) is 5.10. The predicted octanol–water partition coefficient (Wildman–Crippen LogP) is 4.79. The second-order valence-corrected chi connectivity index (χ2v) is 7.21. The van der Waals surface area contributed by atoms with Crippen molar-refractivity contribution in [1.82, 2.24) is 0 Å². The molecule has 0 saturated heterocycles. The Balaban J connectivity index is 2.27. The van der Waals surface area contributed by atoms with Crippen LogP contribution in [0.15, 0.2) is 18.2 Å². The lowest BCUT2D eigenvalue weighted by atomic mass is 9.84. The highest BCUT2D eigenvalue weighted by Crippen LogP contribution is 2.40. The van der Waals surface area contributed by atoms with Gasteiger partial charge in [0.2, 0.25) is 5.91 Å². The minimum atomic E-state index is -0.422. The minimum Gasteiger partial charge on any atom is -0.325 e. The lowest BCUT2D eigenvalue weighted by Gasteiger charge is -2.19. The topological polar surface area (TPSA) is 29.1 Å². The van der Waals surface area contributed by atoms with Crippen LogP contribution in [-0.4, -0.2) is 5.91 Å². The van der Waals surface area contributed by atoms with E-state index in [0.717, 1.165) is 17.7 Å². The van der Waals surface area contributed by atoms with Crippen molar-refractivity contribution in [2.24, 2.45) is 5.92 Å². The number of halogens is 1. The molecule has 2 atom stereocenters. The summed E-state index contributed by atoms with van der Waals surface area (Å²) in [7, 11) is 0. The van der Waals surface area contributed by atoms with Crippen LogP contribution in [-0.2, 0) is 10.2 Å². The average molecular weight is 324 g/mol. The van der Waals surface area contributed by atoms with Crippen molar-refractivity contribution >= 4 is 27.5 Å². The molecular formula is C16H22BrNO. The molecule has 1 amide bonds. The molecular weight excluding hydrogens is 302 g/mol. The molecule has 3 heteroatoms. The first kappa shape index (κ1) is 14.6. The van der Waals surface area contributed by atoms with Gasteiger partial charge in [0.05, 0.1) is 5.41 Å². The maximum absolute atomic E-state index is 11.9. The molecule has 0 spiro atoms. The highest BCUT2D eigenvalue weighted by Gasteiger charge is 2.38. The Bertz CT molecular complexity index is 496. The quantitative estimate of drug-likeness (QED) is 0.793. The van der Waals surface area contributed by atoms with Crippen molar-refractivity contribution in [2.75, 3.05) is 5.32 Å². The summed E-state index contributed by atoms with van der Waals surface area (Å²) in [5.74, 6) is 0.790. The molecule has 1 aliphatic rings. The number of benzene rings is 1. The number of fused-ring (bicyclic) bond motifs is 1. The number of hydrogen-bond acceptors (Lipinski definition) is 1. The molecule has 0 aromatic heterocycles. The fourth-order valence-electron chi connectivity index (χ4n) is 2.44. The van der Waals surface area contributed by atoms with Crippen LogP contribution in [0.25, 0.3) is 0 Å². The van der Waals surface area contributed by atoms with Crippen LogP contribution in [0.4, 0.5) is 5.69 Å². The fourth-order valence-corrected chi connectivity index (χ4v) is 3.36. The van der Waals surface area contributed by atoms with Crippen LogP contribution >= 0.6 is 15.9 Å². The molecule has 0 radical (unpaired) electrons. The van der Waals surface area contributed by atoms with Crippen LogP contribution in [0.2, 0.25) is 0 Å². The van der Waals surface area contributed by atoms with Gasteiger partial charge in [-0.15, -0.1) is 0 Å². The maximum atomic E-state index is 11.9.